The Morgan fingerprint density at radius 1 is 1.21 bits per heavy atom. The molecule has 1 aliphatic carbocycles. The minimum absolute atomic E-state index is 0.000427. The first kappa shape index (κ1) is 25.9. The maximum absolute atomic E-state index is 13.2. The van der Waals surface area contributed by atoms with Gasteiger partial charge in [-0.2, -0.15) is 0 Å². The van der Waals surface area contributed by atoms with E-state index in [2.05, 4.69) is 20.7 Å². The number of ether oxygens (including phenoxy) is 1. The van der Waals surface area contributed by atoms with Crippen molar-refractivity contribution >= 4 is 29.4 Å². The van der Waals surface area contributed by atoms with Gasteiger partial charge in [-0.3, -0.25) is 28.7 Å². The Morgan fingerprint density at radius 3 is 2.38 bits per heavy atom. The van der Waals surface area contributed by atoms with E-state index in [1.54, 1.807) is 20.8 Å². The number of amides is 4. The summed E-state index contributed by atoms with van der Waals surface area (Å²) in [7, 11) is 0. The monoisotopic (exact) mass is 490 g/mol. The highest BCUT2D eigenvalue weighted by atomic mass is 19.4. The van der Waals surface area contributed by atoms with Crippen molar-refractivity contribution in [2.24, 2.45) is 11.8 Å². The van der Waals surface area contributed by atoms with Crippen LogP contribution in [-0.4, -0.2) is 77.5 Å². The molecular weight excluding hydrogens is 461 g/mol. The number of nitrogens with zero attached hydrogens (tertiary/aromatic N) is 1. The van der Waals surface area contributed by atoms with E-state index >= 15 is 0 Å². The van der Waals surface area contributed by atoms with Gasteiger partial charge in [-0.1, -0.05) is 0 Å². The summed E-state index contributed by atoms with van der Waals surface area (Å²) in [5.74, 6) is -4.56. The first-order chi connectivity index (χ1) is 15.6. The molecule has 0 aromatic carbocycles. The summed E-state index contributed by atoms with van der Waals surface area (Å²) in [5, 5.41) is 7.58. The summed E-state index contributed by atoms with van der Waals surface area (Å²) in [6.07, 6.45) is -4.32. The van der Waals surface area contributed by atoms with Crippen LogP contribution in [0.3, 0.4) is 0 Å². The molecule has 3 saturated heterocycles. The van der Waals surface area contributed by atoms with Crippen LogP contribution in [0.25, 0.3) is 0 Å². The molecule has 2 bridgehead atoms. The topological polar surface area (TPSA) is 134 Å². The molecule has 3 heterocycles. The average molecular weight is 490 g/mol. The highest BCUT2D eigenvalue weighted by Gasteiger charge is 2.63. The quantitative estimate of drug-likeness (QED) is 0.431. The van der Waals surface area contributed by atoms with Crippen molar-refractivity contribution in [2.75, 3.05) is 19.7 Å². The zero-order valence-corrected chi connectivity index (χ0v) is 19.2. The molecule has 0 unspecified atom stereocenters. The maximum atomic E-state index is 13.2. The number of carbonyl (C=O) groups is 5. The Labute approximate surface area is 194 Å². The zero-order valence-electron chi connectivity index (χ0n) is 19.2. The molecule has 4 fully saturated rings. The van der Waals surface area contributed by atoms with Crippen LogP contribution < -0.4 is 16.0 Å². The van der Waals surface area contributed by atoms with E-state index in [1.807, 2.05) is 0 Å². The number of Topliss-reactive ketones (excluding diaryl/α,β-unsaturated/α-hetero) is 1. The summed E-state index contributed by atoms with van der Waals surface area (Å²) in [6, 6.07) is -1.42. The van der Waals surface area contributed by atoms with E-state index in [0.29, 0.717) is 13.0 Å². The summed E-state index contributed by atoms with van der Waals surface area (Å²) < 4.78 is 41.0. The fraction of sp³-hybridized carbons (Fsp3) is 0.762. The van der Waals surface area contributed by atoms with Crippen LogP contribution in [-0.2, 0) is 28.7 Å². The van der Waals surface area contributed by atoms with Gasteiger partial charge >= 0.3 is 18.2 Å². The summed E-state index contributed by atoms with van der Waals surface area (Å²) in [5.41, 5.74) is -2.04. The van der Waals surface area contributed by atoms with Crippen LogP contribution in [0.1, 0.15) is 46.5 Å². The van der Waals surface area contributed by atoms with Gasteiger partial charge in [0.2, 0.25) is 11.8 Å². The van der Waals surface area contributed by atoms with Crippen molar-refractivity contribution in [1.29, 1.82) is 0 Å². The SMILES string of the molecule is CC(C)(C)NC(=O)C(=O)N1CC2CC1(C(=O)N[C@@H](C[C@@H]1CCNC1=O)C(=O)COC(F)(F)F)C2. The second-order valence-electron chi connectivity index (χ2n) is 10.2. The lowest BCUT2D eigenvalue weighted by Gasteiger charge is -2.41. The molecule has 34 heavy (non-hydrogen) atoms. The average Bonchev–Trinajstić information content (AvgIpc) is 3.36. The zero-order chi connectivity index (χ0) is 25.5. The van der Waals surface area contributed by atoms with Gasteiger partial charge in [0.1, 0.15) is 12.1 Å². The molecule has 3 N–H and O–H groups in total. The Hall–Kier alpha value is -2.70. The minimum Gasteiger partial charge on any atom is -0.356 e. The van der Waals surface area contributed by atoms with E-state index in [0.717, 1.165) is 0 Å². The van der Waals surface area contributed by atoms with Crippen molar-refractivity contribution < 1.29 is 41.9 Å². The first-order valence-electron chi connectivity index (χ1n) is 11.1. The lowest BCUT2D eigenvalue weighted by Crippen LogP contribution is -2.63. The Balaban J connectivity index is 1.74. The van der Waals surface area contributed by atoms with Crippen molar-refractivity contribution in [2.45, 2.75) is 69.9 Å². The number of hydrogen-bond acceptors (Lipinski definition) is 6. The molecule has 1 saturated carbocycles. The van der Waals surface area contributed by atoms with Gasteiger partial charge < -0.3 is 20.9 Å². The van der Waals surface area contributed by atoms with Crippen molar-refractivity contribution in [3.63, 3.8) is 0 Å². The number of fused-ring (bicyclic) bond motifs is 1. The fourth-order valence-corrected chi connectivity index (χ4v) is 4.75. The van der Waals surface area contributed by atoms with Crippen LogP contribution in [0.4, 0.5) is 13.2 Å². The fourth-order valence-electron chi connectivity index (χ4n) is 4.75. The van der Waals surface area contributed by atoms with E-state index in [1.165, 1.54) is 4.90 Å². The molecule has 4 rings (SSSR count). The predicted molar refractivity (Wildman–Crippen MR) is 110 cm³/mol. The molecular formula is C21H29F3N4O6. The lowest BCUT2D eigenvalue weighted by molar-refractivity contribution is -0.321. The molecule has 0 aromatic heterocycles. The molecule has 4 aliphatic rings. The number of carbonyl (C=O) groups excluding carboxylic acids is 5. The van der Waals surface area contributed by atoms with Gasteiger partial charge in [-0.25, -0.2) is 0 Å². The van der Waals surface area contributed by atoms with Crippen LogP contribution >= 0.6 is 0 Å². The highest BCUT2D eigenvalue weighted by Crippen LogP contribution is 2.50. The third kappa shape index (κ3) is 5.68. The van der Waals surface area contributed by atoms with E-state index < -0.39 is 59.5 Å². The molecule has 0 radical (unpaired) electrons. The number of hydrogen-bond donors (Lipinski definition) is 3. The van der Waals surface area contributed by atoms with Gasteiger partial charge in [0.05, 0.1) is 6.04 Å². The van der Waals surface area contributed by atoms with E-state index in [-0.39, 0.29) is 37.6 Å². The number of rotatable bonds is 7. The third-order valence-corrected chi connectivity index (χ3v) is 6.32. The lowest BCUT2D eigenvalue weighted by atomic mass is 9.72. The molecule has 4 amide bonds. The molecule has 10 nitrogen and oxygen atoms in total. The summed E-state index contributed by atoms with van der Waals surface area (Å²) in [6.45, 7) is 4.31. The first-order valence-corrected chi connectivity index (χ1v) is 11.1. The Kier molecular flexibility index (Phi) is 6.98. The smallest absolute Gasteiger partial charge is 0.356 e. The van der Waals surface area contributed by atoms with Gasteiger partial charge in [0.15, 0.2) is 5.78 Å². The van der Waals surface area contributed by atoms with Crippen molar-refractivity contribution in [1.82, 2.24) is 20.9 Å². The molecule has 2 atom stereocenters. The summed E-state index contributed by atoms with van der Waals surface area (Å²) in [4.78, 5) is 64.1. The normalized spacial score (nSPS) is 27.0. The van der Waals surface area contributed by atoms with Crippen LogP contribution in [0, 0.1) is 11.8 Å². The standard InChI is InChI=1S/C21H29F3N4O6/c1-19(2,3)27-16(31)17(32)28-9-11-7-20(28,8-11)18(33)26-13(6-12-4-5-25-15(12)30)14(29)10-34-21(22,23)24/h11-13H,4-10H2,1-3H3,(H,25,30)(H,26,33)(H,27,31)/t11?,12-,13-,20?/m0/s1. The molecule has 13 heteroatoms. The predicted octanol–water partition coefficient (Wildman–Crippen LogP) is 0.00860. The van der Waals surface area contributed by atoms with Crippen LogP contribution in [0.5, 0.6) is 0 Å². The van der Waals surface area contributed by atoms with Crippen LogP contribution in [0.2, 0.25) is 0 Å². The maximum Gasteiger partial charge on any atom is 0.522 e. The number of nitrogens with one attached hydrogen (secondary N) is 3. The van der Waals surface area contributed by atoms with E-state index in [9.17, 15) is 37.1 Å². The van der Waals surface area contributed by atoms with Gasteiger partial charge in [-0.15, -0.1) is 13.2 Å². The number of halogens is 3. The summed E-state index contributed by atoms with van der Waals surface area (Å²) >= 11 is 0. The van der Waals surface area contributed by atoms with E-state index in [4.69, 9.17) is 0 Å². The van der Waals surface area contributed by atoms with Crippen LogP contribution in [0.15, 0.2) is 0 Å². The molecule has 190 valence electrons. The third-order valence-electron chi connectivity index (χ3n) is 6.32. The molecule has 0 aromatic rings. The Bertz CT molecular complexity index is 879. The van der Waals surface area contributed by atoms with Gasteiger partial charge in [-0.05, 0) is 52.4 Å². The minimum atomic E-state index is -5.04. The number of alkyl halides is 3. The second kappa shape index (κ2) is 9.16. The van der Waals surface area contributed by atoms with Gasteiger partial charge in [0.25, 0.3) is 0 Å². The van der Waals surface area contributed by atoms with Gasteiger partial charge in [0, 0.05) is 24.5 Å². The second-order valence-corrected chi connectivity index (χ2v) is 10.2. The molecule has 3 aliphatic heterocycles. The van der Waals surface area contributed by atoms with Crippen molar-refractivity contribution in [3.8, 4) is 0 Å². The molecule has 0 spiro atoms. The number of ketones is 1. The van der Waals surface area contributed by atoms with Crippen molar-refractivity contribution in [3.05, 3.63) is 0 Å². The Morgan fingerprint density at radius 2 is 1.85 bits per heavy atom. The largest absolute Gasteiger partial charge is 0.522 e. The highest BCUT2D eigenvalue weighted by molar-refractivity contribution is 6.36.